The van der Waals surface area contributed by atoms with Crippen LogP contribution in [-0.2, 0) is 10.0 Å². The summed E-state index contributed by atoms with van der Waals surface area (Å²) < 4.78 is 40.0. The third kappa shape index (κ3) is 3.52. The molecule has 3 aromatic rings. The molecule has 0 aliphatic heterocycles. The van der Waals surface area contributed by atoms with E-state index in [4.69, 9.17) is 11.6 Å². The zero-order valence-corrected chi connectivity index (χ0v) is 13.9. The molecule has 1 aromatic heterocycles. The van der Waals surface area contributed by atoms with Gasteiger partial charge >= 0.3 is 0 Å². The highest BCUT2D eigenvalue weighted by Crippen LogP contribution is 2.28. The van der Waals surface area contributed by atoms with Crippen LogP contribution in [0.25, 0.3) is 10.6 Å². The van der Waals surface area contributed by atoms with Crippen molar-refractivity contribution >= 4 is 38.8 Å². The van der Waals surface area contributed by atoms with E-state index in [1.165, 1.54) is 11.3 Å². The minimum absolute atomic E-state index is 0.184. The van der Waals surface area contributed by atoms with Gasteiger partial charge < -0.3 is 0 Å². The first kappa shape index (κ1) is 15.9. The van der Waals surface area contributed by atoms with E-state index in [0.29, 0.717) is 5.01 Å². The van der Waals surface area contributed by atoms with Gasteiger partial charge in [0.1, 0.15) is 15.7 Å². The quantitative estimate of drug-likeness (QED) is 0.742. The number of hydrogen-bond donors (Lipinski definition) is 1. The zero-order chi connectivity index (χ0) is 16.4. The van der Waals surface area contributed by atoms with E-state index in [0.717, 1.165) is 23.8 Å². The smallest absolute Gasteiger partial charge is 0.263 e. The van der Waals surface area contributed by atoms with Crippen molar-refractivity contribution in [3.8, 4) is 10.6 Å². The van der Waals surface area contributed by atoms with E-state index in [9.17, 15) is 12.8 Å². The number of rotatable bonds is 4. The summed E-state index contributed by atoms with van der Waals surface area (Å²) in [6, 6.07) is 12.5. The molecule has 8 heteroatoms. The van der Waals surface area contributed by atoms with Crippen molar-refractivity contribution in [2.45, 2.75) is 4.90 Å². The maximum absolute atomic E-state index is 13.0. The molecule has 0 saturated carbocycles. The second-order valence-electron chi connectivity index (χ2n) is 4.58. The summed E-state index contributed by atoms with van der Waals surface area (Å²) in [4.78, 5) is 4.05. The molecule has 4 nitrogen and oxygen atoms in total. The number of aromatic nitrogens is 1. The van der Waals surface area contributed by atoms with Crippen molar-refractivity contribution in [2.75, 3.05) is 4.72 Å². The number of sulfonamides is 1. The molecule has 0 aliphatic rings. The zero-order valence-electron chi connectivity index (χ0n) is 11.5. The SMILES string of the molecule is O=S(=O)(Nc1csc(-c2ccccc2)n1)c1ccc(F)cc1Cl. The number of anilines is 1. The molecule has 23 heavy (non-hydrogen) atoms. The molecule has 0 amide bonds. The molecule has 2 aromatic carbocycles. The number of hydrogen-bond acceptors (Lipinski definition) is 4. The van der Waals surface area contributed by atoms with Gasteiger partial charge in [-0.05, 0) is 18.2 Å². The lowest BCUT2D eigenvalue weighted by atomic mass is 10.2. The Morgan fingerprint density at radius 3 is 2.57 bits per heavy atom. The highest BCUT2D eigenvalue weighted by Gasteiger charge is 2.20. The Morgan fingerprint density at radius 2 is 1.87 bits per heavy atom. The average molecular weight is 369 g/mol. The van der Waals surface area contributed by atoms with E-state index < -0.39 is 15.8 Å². The monoisotopic (exact) mass is 368 g/mol. The van der Waals surface area contributed by atoms with Crippen LogP contribution in [0.1, 0.15) is 0 Å². The fourth-order valence-corrected chi connectivity index (χ4v) is 4.28. The van der Waals surface area contributed by atoms with Crippen molar-refractivity contribution in [3.63, 3.8) is 0 Å². The van der Waals surface area contributed by atoms with Gasteiger partial charge in [-0.2, -0.15) is 0 Å². The molecule has 3 rings (SSSR count). The largest absolute Gasteiger partial charge is 0.264 e. The van der Waals surface area contributed by atoms with Crippen molar-refractivity contribution in [2.24, 2.45) is 0 Å². The highest BCUT2D eigenvalue weighted by atomic mass is 35.5. The number of thiazole rings is 1. The summed E-state index contributed by atoms with van der Waals surface area (Å²) in [5.74, 6) is -0.414. The maximum Gasteiger partial charge on any atom is 0.264 e. The van der Waals surface area contributed by atoms with Gasteiger partial charge in [0.15, 0.2) is 5.82 Å². The van der Waals surface area contributed by atoms with Gasteiger partial charge in [0.25, 0.3) is 10.0 Å². The van der Waals surface area contributed by atoms with E-state index in [1.54, 1.807) is 5.38 Å². The van der Waals surface area contributed by atoms with E-state index in [2.05, 4.69) is 9.71 Å². The Morgan fingerprint density at radius 1 is 1.13 bits per heavy atom. The molecule has 0 aliphatic carbocycles. The first-order chi connectivity index (χ1) is 11.0. The summed E-state index contributed by atoms with van der Waals surface area (Å²) >= 11 is 7.12. The number of halogens is 2. The topological polar surface area (TPSA) is 59.1 Å². The predicted octanol–water partition coefficient (Wildman–Crippen LogP) is 4.40. The van der Waals surface area contributed by atoms with Gasteiger partial charge in [0.05, 0.1) is 5.02 Å². The van der Waals surface area contributed by atoms with E-state index in [-0.39, 0.29) is 15.7 Å². The average Bonchev–Trinajstić information content (AvgIpc) is 2.95. The lowest BCUT2D eigenvalue weighted by molar-refractivity contribution is 0.599. The Hall–Kier alpha value is -1.96. The van der Waals surface area contributed by atoms with Gasteiger partial charge in [-0.1, -0.05) is 41.9 Å². The number of nitrogens with one attached hydrogen (secondary N) is 1. The Kier molecular flexibility index (Phi) is 4.34. The molecule has 0 atom stereocenters. The fraction of sp³-hybridized carbons (Fsp3) is 0. The lowest BCUT2D eigenvalue weighted by Crippen LogP contribution is -2.13. The maximum atomic E-state index is 13.0. The van der Waals surface area contributed by atoms with Crippen LogP contribution in [0.4, 0.5) is 10.2 Å². The molecule has 0 radical (unpaired) electrons. The Bertz CT molecular complexity index is 943. The van der Waals surface area contributed by atoms with Gasteiger partial charge in [-0.25, -0.2) is 17.8 Å². The van der Waals surface area contributed by atoms with Gasteiger partial charge in [-0.3, -0.25) is 4.72 Å². The molecule has 118 valence electrons. The summed E-state index contributed by atoms with van der Waals surface area (Å²) in [7, 11) is -3.93. The molecule has 0 spiro atoms. The minimum Gasteiger partial charge on any atom is -0.263 e. The van der Waals surface area contributed by atoms with Crippen LogP contribution in [-0.4, -0.2) is 13.4 Å². The van der Waals surface area contributed by atoms with E-state index >= 15 is 0 Å². The molecule has 0 fully saturated rings. The summed E-state index contributed by atoms with van der Waals surface area (Å²) in [5.41, 5.74) is 0.891. The third-order valence-electron chi connectivity index (χ3n) is 2.95. The van der Waals surface area contributed by atoms with Crippen molar-refractivity contribution in [1.82, 2.24) is 4.98 Å². The second-order valence-corrected chi connectivity index (χ2v) is 7.50. The molecular formula is C15H10ClFN2O2S2. The predicted molar refractivity (Wildman–Crippen MR) is 89.8 cm³/mol. The Labute approximate surface area is 141 Å². The Balaban J connectivity index is 1.88. The van der Waals surface area contributed by atoms with Crippen LogP contribution in [0.5, 0.6) is 0 Å². The van der Waals surface area contributed by atoms with E-state index in [1.807, 2.05) is 30.3 Å². The first-order valence-electron chi connectivity index (χ1n) is 6.44. The molecule has 1 N–H and O–H groups in total. The molecular weight excluding hydrogens is 359 g/mol. The second kappa shape index (κ2) is 6.27. The van der Waals surface area contributed by atoms with Gasteiger partial charge in [0, 0.05) is 10.9 Å². The number of nitrogens with zero attached hydrogens (tertiary/aromatic N) is 1. The van der Waals surface area contributed by atoms with Gasteiger partial charge in [0.2, 0.25) is 0 Å². The summed E-state index contributed by atoms with van der Waals surface area (Å²) in [6.45, 7) is 0. The summed E-state index contributed by atoms with van der Waals surface area (Å²) in [5, 5.41) is 2.10. The summed E-state index contributed by atoms with van der Waals surface area (Å²) in [6.07, 6.45) is 0. The van der Waals surface area contributed by atoms with Crippen molar-refractivity contribution in [1.29, 1.82) is 0 Å². The van der Waals surface area contributed by atoms with Crippen molar-refractivity contribution in [3.05, 3.63) is 64.8 Å². The van der Waals surface area contributed by atoms with Crippen LogP contribution in [0.15, 0.2) is 58.8 Å². The van der Waals surface area contributed by atoms with Crippen LogP contribution >= 0.6 is 22.9 Å². The van der Waals surface area contributed by atoms with Crippen molar-refractivity contribution < 1.29 is 12.8 Å². The van der Waals surface area contributed by atoms with Crippen LogP contribution in [0.3, 0.4) is 0 Å². The van der Waals surface area contributed by atoms with Crippen LogP contribution in [0.2, 0.25) is 5.02 Å². The van der Waals surface area contributed by atoms with Gasteiger partial charge in [-0.15, -0.1) is 11.3 Å². The normalized spacial score (nSPS) is 11.4. The van der Waals surface area contributed by atoms with Crippen LogP contribution in [0, 0.1) is 5.82 Å². The van der Waals surface area contributed by atoms with Crippen LogP contribution < -0.4 is 4.72 Å². The standard InChI is InChI=1S/C15H10ClFN2O2S2/c16-12-8-11(17)6-7-13(12)23(20,21)19-14-9-22-15(18-14)10-4-2-1-3-5-10/h1-9,19H. The first-order valence-corrected chi connectivity index (χ1v) is 9.18. The molecule has 0 saturated heterocycles. The minimum atomic E-state index is -3.93. The highest BCUT2D eigenvalue weighted by molar-refractivity contribution is 7.92. The fourth-order valence-electron chi connectivity index (χ4n) is 1.92. The third-order valence-corrected chi connectivity index (χ3v) is 5.68. The molecule has 0 bridgehead atoms. The lowest BCUT2D eigenvalue weighted by Gasteiger charge is -2.07. The number of benzene rings is 2. The molecule has 0 unspecified atom stereocenters. The molecule has 1 heterocycles.